The van der Waals surface area contributed by atoms with Crippen LogP contribution in [0.5, 0.6) is 5.75 Å². The molecule has 1 amide bonds. The fourth-order valence-electron chi connectivity index (χ4n) is 3.79. The quantitative estimate of drug-likeness (QED) is 0.706. The van der Waals surface area contributed by atoms with Gasteiger partial charge in [0.1, 0.15) is 5.75 Å². The van der Waals surface area contributed by atoms with Gasteiger partial charge in [0.25, 0.3) is 0 Å². The van der Waals surface area contributed by atoms with Gasteiger partial charge in [-0.05, 0) is 37.1 Å². The van der Waals surface area contributed by atoms with Gasteiger partial charge in [0.15, 0.2) is 5.78 Å². The molecule has 3 rings (SSSR count). The summed E-state index contributed by atoms with van der Waals surface area (Å²) in [5.74, 6) is 0.896. The number of carbonyl (C=O) groups is 2. The van der Waals surface area contributed by atoms with E-state index in [4.69, 9.17) is 4.74 Å². The highest BCUT2D eigenvalue weighted by molar-refractivity contribution is 5.98. The maximum atomic E-state index is 12.5. The minimum Gasteiger partial charge on any atom is -0.494 e. The number of ether oxygens (including phenoxy) is 1. The van der Waals surface area contributed by atoms with Crippen molar-refractivity contribution in [1.82, 2.24) is 15.1 Å². The topological polar surface area (TPSA) is 61.9 Å². The molecular weight excluding hydrogens is 342 g/mol. The minimum atomic E-state index is 0.0169. The van der Waals surface area contributed by atoms with Crippen LogP contribution in [0.4, 0.5) is 0 Å². The molecule has 1 N–H and O–H groups in total. The third kappa shape index (κ3) is 5.53. The number of rotatable bonds is 8. The van der Waals surface area contributed by atoms with Gasteiger partial charge in [-0.15, -0.1) is 0 Å². The Balaban J connectivity index is 1.42. The van der Waals surface area contributed by atoms with Crippen LogP contribution in [0.25, 0.3) is 0 Å². The van der Waals surface area contributed by atoms with Crippen LogP contribution in [0, 0.1) is 0 Å². The van der Waals surface area contributed by atoms with Gasteiger partial charge >= 0.3 is 0 Å². The number of Topliss-reactive ketones (excluding diaryl/α,β-unsaturated/α-hetero) is 1. The summed E-state index contributed by atoms with van der Waals surface area (Å²) in [6, 6.07) is 7.69. The molecule has 2 heterocycles. The Morgan fingerprint density at radius 2 is 1.85 bits per heavy atom. The van der Waals surface area contributed by atoms with Crippen molar-refractivity contribution in [2.45, 2.75) is 38.6 Å². The van der Waals surface area contributed by atoms with E-state index in [0.29, 0.717) is 24.6 Å². The number of likely N-dealkylation sites (tertiary alicyclic amines) is 1. The highest BCUT2D eigenvalue weighted by Crippen LogP contribution is 2.19. The van der Waals surface area contributed by atoms with E-state index in [0.717, 1.165) is 57.9 Å². The Labute approximate surface area is 161 Å². The molecule has 2 aliphatic heterocycles. The van der Waals surface area contributed by atoms with E-state index in [1.165, 1.54) is 0 Å². The van der Waals surface area contributed by atoms with Crippen molar-refractivity contribution in [1.29, 1.82) is 0 Å². The number of carbonyl (C=O) groups excluding carboxylic acids is 2. The van der Waals surface area contributed by atoms with Crippen molar-refractivity contribution < 1.29 is 14.3 Å². The van der Waals surface area contributed by atoms with Crippen molar-refractivity contribution in [3.63, 3.8) is 0 Å². The maximum Gasteiger partial charge on any atom is 0.223 e. The van der Waals surface area contributed by atoms with Crippen LogP contribution in [0.3, 0.4) is 0 Å². The number of nitrogens with zero attached hydrogens (tertiary/aromatic N) is 2. The normalized spacial score (nSPS) is 20.6. The molecule has 2 saturated heterocycles. The molecule has 0 aliphatic carbocycles. The van der Waals surface area contributed by atoms with Gasteiger partial charge < -0.3 is 15.0 Å². The zero-order valence-electron chi connectivity index (χ0n) is 16.3. The lowest BCUT2D eigenvalue weighted by Crippen LogP contribution is -2.49. The second-order valence-corrected chi connectivity index (χ2v) is 7.36. The first-order valence-electron chi connectivity index (χ1n) is 10.2. The molecule has 1 unspecified atom stereocenters. The molecular formula is C21H31N3O3. The van der Waals surface area contributed by atoms with E-state index in [9.17, 15) is 9.59 Å². The average molecular weight is 373 g/mol. The number of hydrogen-bond donors (Lipinski definition) is 1. The van der Waals surface area contributed by atoms with Gasteiger partial charge in [-0.1, -0.05) is 6.92 Å². The lowest BCUT2D eigenvalue weighted by molar-refractivity contribution is -0.130. The standard InChI is InChI=1S/C21H31N3O3/c1-2-15-27-19-5-3-17(4-6-19)20(25)7-8-21(26)24-12-9-18(16-24)23-13-10-22-11-14-23/h3-6,18,22H,2,7-16H2,1H3. The Bertz CT molecular complexity index is 626. The first kappa shape index (κ1) is 19.8. The number of amides is 1. The second kappa shape index (κ2) is 9.85. The van der Waals surface area contributed by atoms with Crippen LogP contribution in [0.2, 0.25) is 0 Å². The molecule has 1 atom stereocenters. The van der Waals surface area contributed by atoms with Crippen LogP contribution in [0.1, 0.15) is 43.0 Å². The van der Waals surface area contributed by atoms with Gasteiger partial charge in [0, 0.05) is 63.7 Å². The lowest BCUT2D eigenvalue weighted by atomic mass is 10.1. The van der Waals surface area contributed by atoms with Crippen LogP contribution >= 0.6 is 0 Å². The zero-order valence-corrected chi connectivity index (χ0v) is 16.3. The molecule has 0 radical (unpaired) electrons. The SMILES string of the molecule is CCCOc1ccc(C(=O)CCC(=O)N2CCC(N3CCNCC3)C2)cc1. The summed E-state index contributed by atoms with van der Waals surface area (Å²) < 4.78 is 5.54. The summed E-state index contributed by atoms with van der Waals surface area (Å²) in [5.41, 5.74) is 0.645. The Hall–Kier alpha value is -1.92. The monoisotopic (exact) mass is 373 g/mol. The first-order chi connectivity index (χ1) is 13.2. The summed E-state index contributed by atoms with van der Waals surface area (Å²) >= 11 is 0. The summed E-state index contributed by atoms with van der Waals surface area (Å²) in [4.78, 5) is 29.3. The summed E-state index contributed by atoms with van der Waals surface area (Å²) in [6.07, 6.45) is 2.55. The highest BCUT2D eigenvalue weighted by atomic mass is 16.5. The van der Waals surface area contributed by atoms with E-state index in [2.05, 4.69) is 17.1 Å². The fraction of sp³-hybridized carbons (Fsp3) is 0.619. The third-order valence-corrected chi connectivity index (χ3v) is 5.40. The predicted octanol–water partition coefficient (Wildman–Crippen LogP) is 1.94. The molecule has 148 valence electrons. The van der Waals surface area contributed by atoms with E-state index >= 15 is 0 Å². The number of ketones is 1. The maximum absolute atomic E-state index is 12.5. The Morgan fingerprint density at radius 1 is 1.11 bits per heavy atom. The van der Waals surface area contributed by atoms with Gasteiger partial charge in [-0.25, -0.2) is 0 Å². The number of hydrogen-bond acceptors (Lipinski definition) is 5. The zero-order chi connectivity index (χ0) is 19.1. The predicted molar refractivity (Wildman–Crippen MR) is 105 cm³/mol. The molecule has 0 saturated carbocycles. The molecule has 6 nitrogen and oxygen atoms in total. The molecule has 0 aromatic heterocycles. The van der Waals surface area contributed by atoms with E-state index in [1.54, 1.807) is 12.1 Å². The first-order valence-corrected chi connectivity index (χ1v) is 10.2. The second-order valence-electron chi connectivity index (χ2n) is 7.36. The molecule has 2 fully saturated rings. The van der Waals surface area contributed by atoms with Gasteiger partial charge in [-0.3, -0.25) is 14.5 Å². The largest absolute Gasteiger partial charge is 0.494 e. The number of benzene rings is 1. The van der Waals surface area contributed by atoms with Crippen molar-refractivity contribution in [3.8, 4) is 5.75 Å². The summed E-state index contributed by atoms with van der Waals surface area (Å²) in [6.45, 7) is 8.52. The van der Waals surface area contributed by atoms with Crippen LogP contribution < -0.4 is 10.1 Å². The smallest absolute Gasteiger partial charge is 0.223 e. The molecule has 27 heavy (non-hydrogen) atoms. The van der Waals surface area contributed by atoms with Crippen LogP contribution in [-0.4, -0.2) is 73.4 Å². The van der Waals surface area contributed by atoms with E-state index < -0.39 is 0 Å². The fourth-order valence-corrected chi connectivity index (χ4v) is 3.79. The van der Waals surface area contributed by atoms with Crippen molar-refractivity contribution in [2.24, 2.45) is 0 Å². The molecule has 0 bridgehead atoms. The molecule has 2 aliphatic rings. The lowest BCUT2D eigenvalue weighted by Gasteiger charge is -2.32. The van der Waals surface area contributed by atoms with Gasteiger partial charge in [0.05, 0.1) is 6.61 Å². The van der Waals surface area contributed by atoms with Gasteiger partial charge in [0.2, 0.25) is 5.91 Å². The number of piperazine rings is 1. The van der Waals surface area contributed by atoms with E-state index in [-0.39, 0.29) is 18.1 Å². The average Bonchev–Trinajstić information content (AvgIpc) is 3.21. The highest BCUT2D eigenvalue weighted by Gasteiger charge is 2.30. The Morgan fingerprint density at radius 3 is 2.56 bits per heavy atom. The van der Waals surface area contributed by atoms with Crippen molar-refractivity contribution >= 4 is 11.7 Å². The van der Waals surface area contributed by atoms with Crippen LogP contribution in [0.15, 0.2) is 24.3 Å². The van der Waals surface area contributed by atoms with E-state index in [1.807, 2.05) is 17.0 Å². The Kier molecular flexibility index (Phi) is 7.24. The summed E-state index contributed by atoms with van der Waals surface area (Å²) in [5, 5.41) is 3.37. The molecule has 6 heteroatoms. The molecule has 0 spiro atoms. The minimum absolute atomic E-state index is 0.0169. The molecule has 1 aromatic carbocycles. The van der Waals surface area contributed by atoms with Gasteiger partial charge in [-0.2, -0.15) is 0 Å². The summed E-state index contributed by atoms with van der Waals surface area (Å²) in [7, 11) is 0. The van der Waals surface area contributed by atoms with Crippen molar-refractivity contribution in [2.75, 3.05) is 45.9 Å². The molecule has 1 aromatic rings. The van der Waals surface area contributed by atoms with Crippen molar-refractivity contribution in [3.05, 3.63) is 29.8 Å². The van der Waals surface area contributed by atoms with Crippen LogP contribution in [-0.2, 0) is 4.79 Å². The third-order valence-electron chi connectivity index (χ3n) is 5.40. The number of nitrogens with one attached hydrogen (secondary N) is 1.